The molecule has 0 aliphatic heterocycles. The Morgan fingerprint density at radius 2 is 1.78 bits per heavy atom. The summed E-state index contributed by atoms with van der Waals surface area (Å²) in [4.78, 5) is 12.3. The van der Waals surface area contributed by atoms with Crippen molar-refractivity contribution >= 4 is 51.5 Å². The highest BCUT2D eigenvalue weighted by Crippen LogP contribution is 2.25. The number of anilines is 2. The molecule has 0 aromatic heterocycles. The highest BCUT2D eigenvalue weighted by atomic mass is 127. The van der Waals surface area contributed by atoms with Gasteiger partial charge >= 0.3 is 6.18 Å². The van der Waals surface area contributed by atoms with Crippen molar-refractivity contribution in [2.75, 3.05) is 17.2 Å². The van der Waals surface area contributed by atoms with Gasteiger partial charge in [0, 0.05) is 8.59 Å². The van der Waals surface area contributed by atoms with E-state index in [0.717, 1.165) is 0 Å². The summed E-state index contributed by atoms with van der Waals surface area (Å²) < 4.78 is 37.7. The Morgan fingerprint density at radius 1 is 1.13 bits per heavy atom. The van der Waals surface area contributed by atoms with Crippen LogP contribution in [0.3, 0.4) is 0 Å². The number of hydrogen-bond acceptors (Lipinski definition) is 2. The lowest BCUT2D eigenvalue weighted by atomic mass is 10.2. The van der Waals surface area contributed by atoms with Gasteiger partial charge in [-0.05, 0) is 52.9 Å². The molecule has 0 saturated heterocycles. The first-order chi connectivity index (χ1) is 10.8. The van der Waals surface area contributed by atoms with Crippen LogP contribution in [0.25, 0.3) is 0 Å². The number of carbonyl (C=O) groups excluding carboxylic acids is 1. The third kappa shape index (κ3) is 5.28. The maximum absolute atomic E-state index is 12.3. The van der Waals surface area contributed by atoms with E-state index in [4.69, 9.17) is 11.6 Å². The molecule has 0 fully saturated rings. The summed E-state index contributed by atoms with van der Waals surface area (Å²) in [6, 6.07) is 11.0. The number of benzene rings is 2. The number of amides is 1. The van der Waals surface area contributed by atoms with Crippen LogP contribution in [0, 0.1) is 3.57 Å². The molecular weight excluding hydrogens is 444 g/mol. The molecule has 0 heterocycles. The normalized spacial score (nSPS) is 11.2. The van der Waals surface area contributed by atoms with Gasteiger partial charge in [-0.15, -0.1) is 0 Å². The SMILES string of the molecule is O=C(Nc1ccccc1NCC(F)(F)F)c1cc(Cl)ccc1I. The van der Waals surface area contributed by atoms with Crippen LogP contribution in [0.5, 0.6) is 0 Å². The van der Waals surface area contributed by atoms with Crippen LogP contribution in [-0.4, -0.2) is 18.6 Å². The number of rotatable bonds is 4. The second-order valence-electron chi connectivity index (χ2n) is 4.59. The number of hydrogen-bond donors (Lipinski definition) is 2. The van der Waals surface area contributed by atoms with E-state index in [1.807, 2.05) is 22.6 Å². The number of para-hydroxylation sites is 2. The average molecular weight is 455 g/mol. The Morgan fingerprint density at radius 3 is 2.43 bits per heavy atom. The Labute approximate surface area is 149 Å². The summed E-state index contributed by atoms with van der Waals surface area (Å²) in [6.45, 7) is -1.19. The molecule has 2 N–H and O–H groups in total. The standard InChI is InChI=1S/C15H11ClF3IN2O/c16-9-5-6-11(20)10(7-9)14(23)22-13-4-2-1-3-12(13)21-8-15(17,18)19/h1-7,21H,8H2,(H,22,23). The molecule has 0 aliphatic rings. The summed E-state index contributed by atoms with van der Waals surface area (Å²) in [7, 11) is 0. The smallest absolute Gasteiger partial charge is 0.375 e. The van der Waals surface area contributed by atoms with E-state index in [1.54, 1.807) is 24.3 Å². The molecule has 1 amide bonds. The minimum Gasteiger partial charge on any atom is -0.375 e. The number of nitrogens with one attached hydrogen (secondary N) is 2. The topological polar surface area (TPSA) is 41.1 Å². The van der Waals surface area contributed by atoms with Gasteiger partial charge < -0.3 is 10.6 Å². The third-order valence-electron chi connectivity index (χ3n) is 2.83. The molecule has 2 aromatic rings. The molecule has 0 aliphatic carbocycles. The molecule has 8 heteroatoms. The summed E-state index contributed by atoms with van der Waals surface area (Å²) in [6.07, 6.45) is -4.35. The van der Waals surface area contributed by atoms with Crippen LogP contribution in [0.4, 0.5) is 24.5 Å². The Hall–Kier alpha value is -1.48. The quantitative estimate of drug-likeness (QED) is 0.626. The van der Waals surface area contributed by atoms with Gasteiger partial charge in [-0.3, -0.25) is 4.79 Å². The van der Waals surface area contributed by atoms with Gasteiger partial charge in [-0.1, -0.05) is 23.7 Å². The lowest BCUT2D eigenvalue weighted by Crippen LogP contribution is -2.22. The zero-order chi connectivity index (χ0) is 17.0. The summed E-state index contributed by atoms with van der Waals surface area (Å²) >= 11 is 7.86. The molecule has 23 heavy (non-hydrogen) atoms. The molecule has 0 spiro atoms. The molecule has 0 saturated carbocycles. The minimum absolute atomic E-state index is 0.190. The van der Waals surface area contributed by atoms with Crippen LogP contribution < -0.4 is 10.6 Å². The van der Waals surface area contributed by atoms with Crippen molar-refractivity contribution in [2.24, 2.45) is 0 Å². The highest BCUT2D eigenvalue weighted by molar-refractivity contribution is 14.1. The molecule has 122 valence electrons. The first kappa shape index (κ1) is 17.9. The maximum Gasteiger partial charge on any atom is 0.405 e. The second-order valence-corrected chi connectivity index (χ2v) is 6.19. The molecule has 2 aromatic carbocycles. The van der Waals surface area contributed by atoms with Crippen LogP contribution in [-0.2, 0) is 0 Å². The Kier molecular flexibility index (Phi) is 5.74. The fraction of sp³-hybridized carbons (Fsp3) is 0.133. The first-order valence-corrected chi connectivity index (χ1v) is 7.88. The molecule has 0 atom stereocenters. The van der Waals surface area contributed by atoms with Gasteiger partial charge in [0.1, 0.15) is 6.54 Å². The number of alkyl halides is 3. The highest BCUT2D eigenvalue weighted by Gasteiger charge is 2.27. The summed E-state index contributed by atoms with van der Waals surface area (Å²) in [5, 5.41) is 5.27. The molecule has 3 nitrogen and oxygen atoms in total. The van der Waals surface area contributed by atoms with Crippen molar-refractivity contribution in [2.45, 2.75) is 6.18 Å². The van der Waals surface area contributed by atoms with E-state index in [2.05, 4.69) is 10.6 Å². The van der Waals surface area contributed by atoms with Gasteiger partial charge in [0.2, 0.25) is 0 Å². The predicted octanol–water partition coefficient (Wildman–Crippen LogP) is 5.17. The van der Waals surface area contributed by atoms with Gasteiger partial charge in [0.25, 0.3) is 5.91 Å². The van der Waals surface area contributed by atoms with Crippen molar-refractivity contribution in [3.63, 3.8) is 0 Å². The number of halogens is 5. The third-order valence-corrected chi connectivity index (χ3v) is 4.00. The van der Waals surface area contributed by atoms with Crippen LogP contribution >= 0.6 is 34.2 Å². The monoisotopic (exact) mass is 454 g/mol. The van der Waals surface area contributed by atoms with Crippen molar-refractivity contribution < 1.29 is 18.0 Å². The van der Waals surface area contributed by atoms with Gasteiger partial charge in [-0.25, -0.2) is 0 Å². The van der Waals surface area contributed by atoms with Crippen molar-refractivity contribution in [3.05, 3.63) is 56.6 Å². The van der Waals surface area contributed by atoms with Crippen molar-refractivity contribution in [1.29, 1.82) is 0 Å². The van der Waals surface area contributed by atoms with Crippen LogP contribution in [0.1, 0.15) is 10.4 Å². The van der Waals surface area contributed by atoms with Crippen molar-refractivity contribution in [3.8, 4) is 0 Å². The van der Waals surface area contributed by atoms with Gasteiger partial charge in [-0.2, -0.15) is 13.2 Å². The molecule has 0 radical (unpaired) electrons. The fourth-order valence-corrected chi connectivity index (χ4v) is 2.56. The van der Waals surface area contributed by atoms with E-state index in [0.29, 0.717) is 14.2 Å². The lowest BCUT2D eigenvalue weighted by Gasteiger charge is -2.15. The minimum atomic E-state index is -4.35. The van der Waals surface area contributed by atoms with E-state index in [9.17, 15) is 18.0 Å². The van der Waals surface area contributed by atoms with E-state index >= 15 is 0 Å². The molecule has 0 bridgehead atoms. The van der Waals surface area contributed by atoms with Crippen LogP contribution in [0.2, 0.25) is 5.02 Å². The summed E-state index contributed by atoms with van der Waals surface area (Å²) in [5.74, 6) is -0.446. The zero-order valence-electron chi connectivity index (χ0n) is 11.5. The zero-order valence-corrected chi connectivity index (χ0v) is 14.5. The predicted molar refractivity (Wildman–Crippen MR) is 93.1 cm³/mol. The Balaban J connectivity index is 2.19. The van der Waals surface area contributed by atoms with E-state index < -0.39 is 18.6 Å². The number of carbonyl (C=O) groups is 1. The molecule has 0 unspecified atom stereocenters. The second kappa shape index (κ2) is 7.39. The van der Waals surface area contributed by atoms with Crippen LogP contribution in [0.15, 0.2) is 42.5 Å². The first-order valence-electron chi connectivity index (χ1n) is 6.42. The van der Waals surface area contributed by atoms with Gasteiger partial charge in [0.15, 0.2) is 0 Å². The molecular formula is C15H11ClF3IN2O. The summed E-state index contributed by atoms with van der Waals surface area (Å²) in [5.41, 5.74) is 0.802. The van der Waals surface area contributed by atoms with E-state index in [-0.39, 0.29) is 11.4 Å². The maximum atomic E-state index is 12.3. The fourth-order valence-electron chi connectivity index (χ4n) is 1.80. The Bertz CT molecular complexity index is 722. The van der Waals surface area contributed by atoms with Crippen molar-refractivity contribution in [1.82, 2.24) is 0 Å². The lowest BCUT2D eigenvalue weighted by molar-refractivity contribution is -0.115. The van der Waals surface area contributed by atoms with Gasteiger partial charge in [0.05, 0.1) is 16.9 Å². The van der Waals surface area contributed by atoms with E-state index in [1.165, 1.54) is 18.2 Å². The molecule has 2 rings (SSSR count). The average Bonchev–Trinajstić information content (AvgIpc) is 2.48. The largest absolute Gasteiger partial charge is 0.405 e.